The van der Waals surface area contributed by atoms with Gasteiger partial charge in [-0.2, -0.15) is 17.0 Å². The van der Waals surface area contributed by atoms with Gasteiger partial charge in [0.05, 0.1) is 11.6 Å². The Hall–Kier alpha value is -1.67. The van der Waals surface area contributed by atoms with E-state index in [1.165, 1.54) is 12.8 Å². The van der Waals surface area contributed by atoms with Crippen LogP contribution in [0.5, 0.6) is 5.75 Å². The molecule has 1 aromatic carbocycles. The van der Waals surface area contributed by atoms with Gasteiger partial charge in [0.2, 0.25) is 0 Å². The van der Waals surface area contributed by atoms with Crippen LogP contribution < -0.4 is 10.1 Å². The standard InChI is InChI=1S/C16H20N2O2S/c1-2-21-15-5-3-4-14(15)18-16(19)11-20-13-8-6-12(10-17)7-9-13/h6-9,14-15H,2-5,11H2,1H3,(H,18,19). The van der Waals surface area contributed by atoms with Gasteiger partial charge in [-0.05, 0) is 42.9 Å². The predicted octanol–water partition coefficient (Wildman–Crippen LogP) is 2.73. The molecule has 0 spiro atoms. The molecule has 1 saturated carbocycles. The lowest BCUT2D eigenvalue weighted by Crippen LogP contribution is -2.41. The maximum absolute atomic E-state index is 11.9. The van der Waals surface area contributed by atoms with Gasteiger partial charge in [0, 0.05) is 11.3 Å². The third-order valence-corrected chi connectivity index (χ3v) is 4.86. The minimum absolute atomic E-state index is 0.0198. The van der Waals surface area contributed by atoms with Crippen LogP contribution in [-0.2, 0) is 4.79 Å². The van der Waals surface area contributed by atoms with E-state index in [0.29, 0.717) is 16.6 Å². The average molecular weight is 304 g/mol. The Labute approximate surface area is 129 Å². The number of benzene rings is 1. The number of carbonyl (C=O) groups excluding carboxylic acids is 1. The zero-order chi connectivity index (χ0) is 15.1. The second-order valence-corrected chi connectivity index (χ2v) is 6.54. The zero-order valence-corrected chi connectivity index (χ0v) is 13.0. The number of amides is 1. The maximum atomic E-state index is 11.9. The molecule has 1 N–H and O–H groups in total. The van der Waals surface area contributed by atoms with Crippen molar-refractivity contribution in [2.75, 3.05) is 12.4 Å². The summed E-state index contributed by atoms with van der Waals surface area (Å²) in [5.74, 6) is 1.61. The highest BCUT2D eigenvalue weighted by molar-refractivity contribution is 7.99. The van der Waals surface area contributed by atoms with Crippen molar-refractivity contribution >= 4 is 17.7 Å². The quantitative estimate of drug-likeness (QED) is 0.878. The highest BCUT2D eigenvalue weighted by Gasteiger charge is 2.28. The van der Waals surface area contributed by atoms with Crippen LogP contribution in [0.2, 0.25) is 0 Å². The molecule has 2 atom stereocenters. The number of nitrogens with zero attached hydrogens (tertiary/aromatic N) is 1. The first-order chi connectivity index (χ1) is 10.2. The monoisotopic (exact) mass is 304 g/mol. The second kappa shape index (κ2) is 7.94. The fourth-order valence-corrected chi connectivity index (χ4v) is 3.73. The van der Waals surface area contributed by atoms with E-state index in [2.05, 4.69) is 12.2 Å². The molecule has 4 nitrogen and oxygen atoms in total. The van der Waals surface area contributed by atoms with Gasteiger partial charge in [-0.1, -0.05) is 13.3 Å². The molecule has 0 radical (unpaired) electrons. The molecule has 1 aromatic rings. The zero-order valence-electron chi connectivity index (χ0n) is 12.2. The van der Waals surface area contributed by atoms with Crippen LogP contribution in [0.1, 0.15) is 31.7 Å². The smallest absolute Gasteiger partial charge is 0.258 e. The number of hydrogen-bond acceptors (Lipinski definition) is 4. The summed E-state index contributed by atoms with van der Waals surface area (Å²) in [5.41, 5.74) is 0.581. The molecule has 21 heavy (non-hydrogen) atoms. The first kappa shape index (κ1) is 15.7. The molecule has 112 valence electrons. The van der Waals surface area contributed by atoms with Crippen LogP contribution in [0.3, 0.4) is 0 Å². The number of carbonyl (C=O) groups is 1. The lowest BCUT2D eigenvalue weighted by Gasteiger charge is -2.20. The Morgan fingerprint density at radius 2 is 2.19 bits per heavy atom. The summed E-state index contributed by atoms with van der Waals surface area (Å²) in [6, 6.07) is 9.09. The number of nitrogens with one attached hydrogen (secondary N) is 1. The molecule has 2 rings (SSSR count). The van der Waals surface area contributed by atoms with Crippen molar-refractivity contribution < 1.29 is 9.53 Å². The van der Waals surface area contributed by atoms with Crippen molar-refractivity contribution in [3.8, 4) is 11.8 Å². The largest absolute Gasteiger partial charge is 0.484 e. The maximum Gasteiger partial charge on any atom is 0.258 e. The van der Waals surface area contributed by atoms with Gasteiger partial charge in [-0.25, -0.2) is 0 Å². The van der Waals surface area contributed by atoms with Gasteiger partial charge < -0.3 is 10.1 Å². The minimum Gasteiger partial charge on any atom is -0.484 e. The number of thioether (sulfide) groups is 1. The molecular formula is C16H20N2O2S. The van der Waals surface area contributed by atoms with E-state index in [1.807, 2.05) is 17.8 Å². The second-order valence-electron chi connectivity index (χ2n) is 5.02. The lowest BCUT2D eigenvalue weighted by atomic mass is 10.2. The normalized spacial score (nSPS) is 20.8. The van der Waals surface area contributed by atoms with Crippen molar-refractivity contribution in [1.82, 2.24) is 5.32 Å². The lowest BCUT2D eigenvalue weighted by molar-refractivity contribution is -0.123. The number of nitriles is 1. The summed E-state index contributed by atoms with van der Waals surface area (Å²) in [6.07, 6.45) is 3.42. The van der Waals surface area contributed by atoms with Gasteiger partial charge in [-0.3, -0.25) is 4.79 Å². The molecule has 1 fully saturated rings. The van der Waals surface area contributed by atoms with Crippen LogP contribution in [-0.4, -0.2) is 29.6 Å². The summed E-state index contributed by atoms with van der Waals surface area (Å²) in [5, 5.41) is 12.3. The first-order valence-corrected chi connectivity index (χ1v) is 8.31. The van der Waals surface area contributed by atoms with Crippen molar-refractivity contribution in [3.63, 3.8) is 0 Å². The highest BCUT2D eigenvalue weighted by atomic mass is 32.2. The first-order valence-electron chi connectivity index (χ1n) is 7.27. The summed E-state index contributed by atoms with van der Waals surface area (Å²) in [7, 11) is 0. The number of hydrogen-bond donors (Lipinski definition) is 1. The topological polar surface area (TPSA) is 62.1 Å². The van der Waals surface area contributed by atoms with Crippen molar-refractivity contribution in [2.24, 2.45) is 0 Å². The van der Waals surface area contributed by atoms with E-state index in [4.69, 9.17) is 10.00 Å². The van der Waals surface area contributed by atoms with Crippen molar-refractivity contribution in [3.05, 3.63) is 29.8 Å². The summed E-state index contributed by atoms with van der Waals surface area (Å²) >= 11 is 1.92. The van der Waals surface area contributed by atoms with Crippen LogP contribution in [0.25, 0.3) is 0 Å². The molecule has 1 amide bonds. The van der Waals surface area contributed by atoms with Crippen LogP contribution in [0.15, 0.2) is 24.3 Å². The van der Waals surface area contributed by atoms with Crippen LogP contribution in [0.4, 0.5) is 0 Å². The van der Waals surface area contributed by atoms with E-state index in [9.17, 15) is 4.79 Å². The molecule has 0 saturated heterocycles. The SMILES string of the molecule is CCSC1CCCC1NC(=O)COc1ccc(C#N)cc1. The molecule has 2 unspecified atom stereocenters. The van der Waals surface area contributed by atoms with E-state index in [1.54, 1.807) is 24.3 Å². The molecule has 5 heteroatoms. The predicted molar refractivity (Wildman–Crippen MR) is 84.4 cm³/mol. The van der Waals surface area contributed by atoms with Gasteiger partial charge in [0.1, 0.15) is 5.75 Å². The molecule has 1 aliphatic rings. The van der Waals surface area contributed by atoms with Gasteiger partial charge in [-0.15, -0.1) is 0 Å². The molecule has 0 aliphatic heterocycles. The van der Waals surface area contributed by atoms with Crippen molar-refractivity contribution in [1.29, 1.82) is 5.26 Å². The average Bonchev–Trinajstić information content (AvgIpc) is 2.93. The fraction of sp³-hybridized carbons (Fsp3) is 0.500. The summed E-state index contributed by atoms with van der Waals surface area (Å²) < 4.78 is 5.44. The van der Waals surface area contributed by atoms with E-state index >= 15 is 0 Å². The van der Waals surface area contributed by atoms with Gasteiger partial charge in [0.25, 0.3) is 5.91 Å². The fourth-order valence-electron chi connectivity index (χ4n) is 2.53. The number of rotatable bonds is 6. The minimum atomic E-state index is -0.0760. The Morgan fingerprint density at radius 1 is 1.43 bits per heavy atom. The summed E-state index contributed by atoms with van der Waals surface area (Å²) in [4.78, 5) is 11.9. The molecule has 0 bridgehead atoms. The molecule has 0 heterocycles. The Bertz CT molecular complexity index is 510. The highest BCUT2D eigenvalue weighted by Crippen LogP contribution is 2.29. The third kappa shape index (κ3) is 4.68. The Balaban J connectivity index is 1.77. The van der Waals surface area contributed by atoms with Crippen LogP contribution in [0, 0.1) is 11.3 Å². The molecule has 0 aromatic heterocycles. The summed E-state index contributed by atoms with van der Waals surface area (Å²) in [6.45, 7) is 2.17. The molecule has 1 aliphatic carbocycles. The Morgan fingerprint density at radius 3 is 2.86 bits per heavy atom. The van der Waals surface area contributed by atoms with E-state index < -0.39 is 0 Å². The van der Waals surface area contributed by atoms with Gasteiger partial charge in [0.15, 0.2) is 6.61 Å². The van der Waals surface area contributed by atoms with E-state index in [0.717, 1.165) is 12.2 Å². The van der Waals surface area contributed by atoms with Gasteiger partial charge >= 0.3 is 0 Å². The van der Waals surface area contributed by atoms with Crippen molar-refractivity contribution in [2.45, 2.75) is 37.5 Å². The van der Waals surface area contributed by atoms with Crippen LogP contribution >= 0.6 is 11.8 Å². The third-order valence-electron chi connectivity index (χ3n) is 3.53. The van der Waals surface area contributed by atoms with E-state index in [-0.39, 0.29) is 18.6 Å². The Kier molecular flexibility index (Phi) is 5.94. The number of ether oxygens (including phenoxy) is 1. The molecular weight excluding hydrogens is 284 g/mol.